The summed E-state index contributed by atoms with van der Waals surface area (Å²) in [5.74, 6) is 0.244. The van der Waals surface area contributed by atoms with Crippen LogP contribution in [0.1, 0.15) is 23.4 Å². The Bertz CT molecular complexity index is 848. The first kappa shape index (κ1) is 20.2. The third kappa shape index (κ3) is 4.28. The predicted molar refractivity (Wildman–Crippen MR) is 104 cm³/mol. The highest BCUT2D eigenvalue weighted by molar-refractivity contribution is 6.30. The second-order valence-corrected chi connectivity index (χ2v) is 7.44. The molecule has 0 saturated carbocycles. The number of aryl methyl sites for hydroxylation is 2. The predicted octanol–water partition coefficient (Wildman–Crippen LogP) is 2.57. The molecule has 1 aromatic heterocycles. The highest BCUT2D eigenvalue weighted by Crippen LogP contribution is 2.24. The number of halogens is 1. The lowest BCUT2D eigenvalue weighted by atomic mass is 10.1. The maximum Gasteiger partial charge on any atom is 0.322 e. The number of urea groups is 1. The van der Waals surface area contributed by atoms with E-state index < -0.39 is 18.2 Å². The summed E-state index contributed by atoms with van der Waals surface area (Å²) in [6.45, 7) is 3.87. The Labute approximate surface area is 168 Å². The Hall–Kier alpha value is -2.58. The molecule has 1 saturated heterocycles. The van der Waals surface area contributed by atoms with Crippen molar-refractivity contribution in [3.63, 3.8) is 0 Å². The molecule has 3 rings (SSSR count). The van der Waals surface area contributed by atoms with Crippen LogP contribution in [0.2, 0.25) is 5.02 Å². The minimum Gasteiger partial charge on any atom is -0.391 e. The number of likely N-dealkylation sites (tertiary alicyclic amines) is 1. The van der Waals surface area contributed by atoms with Crippen LogP contribution in [0.25, 0.3) is 0 Å². The van der Waals surface area contributed by atoms with E-state index in [-0.39, 0.29) is 18.9 Å². The van der Waals surface area contributed by atoms with Gasteiger partial charge in [0, 0.05) is 31.6 Å². The summed E-state index contributed by atoms with van der Waals surface area (Å²) >= 11 is 5.89. The van der Waals surface area contributed by atoms with Gasteiger partial charge in [-0.05, 0) is 31.5 Å². The Morgan fingerprint density at radius 3 is 2.64 bits per heavy atom. The highest BCUT2D eigenvalue weighted by atomic mass is 35.5. The van der Waals surface area contributed by atoms with E-state index in [1.54, 1.807) is 37.9 Å². The van der Waals surface area contributed by atoms with Gasteiger partial charge >= 0.3 is 6.03 Å². The summed E-state index contributed by atoms with van der Waals surface area (Å²) in [6.07, 6.45) is -0.563. The van der Waals surface area contributed by atoms with Crippen LogP contribution in [-0.2, 0) is 11.3 Å². The Morgan fingerprint density at radius 2 is 2.04 bits per heavy atom. The Kier molecular flexibility index (Phi) is 5.90. The summed E-state index contributed by atoms with van der Waals surface area (Å²) in [5.41, 5.74) is 1.95. The van der Waals surface area contributed by atoms with Crippen LogP contribution in [-0.4, -0.2) is 57.7 Å². The second kappa shape index (κ2) is 8.20. The summed E-state index contributed by atoms with van der Waals surface area (Å²) in [5, 5.41) is 17.2. The van der Waals surface area contributed by atoms with Crippen molar-refractivity contribution in [1.82, 2.24) is 15.0 Å². The molecular weight excluding hydrogens is 384 g/mol. The molecule has 0 radical (unpaired) electrons. The number of aromatic nitrogens is 1. The Balaban J connectivity index is 1.70. The summed E-state index contributed by atoms with van der Waals surface area (Å²) < 4.78 is 5.05. The fraction of sp³-hybridized carbons (Fsp3) is 0.421. The summed E-state index contributed by atoms with van der Waals surface area (Å²) in [6, 6.07) is 6.00. The van der Waals surface area contributed by atoms with E-state index in [1.165, 1.54) is 4.90 Å². The first-order valence-corrected chi connectivity index (χ1v) is 9.32. The van der Waals surface area contributed by atoms with Gasteiger partial charge in [-0.1, -0.05) is 28.9 Å². The van der Waals surface area contributed by atoms with E-state index in [1.807, 2.05) is 12.1 Å². The number of benzene rings is 1. The minimum atomic E-state index is -0.756. The van der Waals surface area contributed by atoms with Gasteiger partial charge in [0.05, 0.1) is 6.10 Å². The second-order valence-electron chi connectivity index (χ2n) is 7.01. The first-order chi connectivity index (χ1) is 13.3. The molecule has 0 unspecified atom stereocenters. The third-order valence-electron chi connectivity index (χ3n) is 4.80. The van der Waals surface area contributed by atoms with Gasteiger partial charge in [-0.25, -0.2) is 4.79 Å². The van der Waals surface area contributed by atoms with Crippen molar-refractivity contribution in [1.29, 1.82) is 0 Å². The number of β-amino-alcohol motifs (C(OH)–C–C–N with tert-alkyl or cyclic N) is 1. The molecule has 1 aliphatic heterocycles. The molecule has 2 N–H and O–H groups in total. The van der Waals surface area contributed by atoms with Crippen molar-refractivity contribution >= 4 is 29.2 Å². The average molecular weight is 407 g/mol. The molecule has 2 atom stereocenters. The van der Waals surface area contributed by atoms with Gasteiger partial charge in [0.2, 0.25) is 5.91 Å². The van der Waals surface area contributed by atoms with Gasteiger partial charge in [0.1, 0.15) is 17.4 Å². The van der Waals surface area contributed by atoms with Crippen molar-refractivity contribution in [2.24, 2.45) is 0 Å². The molecule has 1 fully saturated rings. The number of aliphatic hydroxyl groups excluding tert-OH is 1. The van der Waals surface area contributed by atoms with E-state index in [0.29, 0.717) is 28.7 Å². The number of hydrogen-bond donors (Lipinski definition) is 2. The monoisotopic (exact) mass is 406 g/mol. The maximum absolute atomic E-state index is 12.9. The third-order valence-corrected chi connectivity index (χ3v) is 5.05. The quantitative estimate of drug-likeness (QED) is 0.813. The summed E-state index contributed by atoms with van der Waals surface area (Å²) in [7, 11) is 1.67. The minimum absolute atomic E-state index is 0.0837. The van der Waals surface area contributed by atoms with Gasteiger partial charge in [0.15, 0.2) is 5.76 Å². The zero-order valence-corrected chi connectivity index (χ0v) is 16.7. The number of amides is 3. The lowest BCUT2D eigenvalue weighted by Crippen LogP contribution is -2.47. The zero-order valence-electron chi connectivity index (χ0n) is 16.0. The number of hydrogen-bond acceptors (Lipinski definition) is 5. The first-order valence-electron chi connectivity index (χ1n) is 8.94. The topological polar surface area (TPSA) is 98.9 Å². The van der Waals surface area contributed by atoms with Crippen LogP contribution in [0.3, 0.4) is 0 Å². The number of aliphatic hydroxyl groups is 1. The van der Waals surface area contributed by atoms with Crippen LogP contribution in [0.15, 0.2) is 28.8 Å². The molecule has 8 nitrogen and oxygen atoms in total. The molecule has 1 aromatic carbocycles. The molecule has 3 amide bonds. The van der Waals surface area contributed by atoms with E-state index >= 15 is 0 Å². The number of nitrogens with one attached hydrogen (secondary N) is 1. The van der Waals surface area contributed by atoms with Crippen LogP contribution >= 0.6 is 11.6 Å². The van der Waals surface area contributed by atoms with Crippen LogP contribution < -0.4 is 5.32 Å². The number of nitrogens with zero attached hydrogens (tertiary/aromatic N) is 3. The van der Waals surface area contributed by atoms with Gasteiger partial charge in [-0.2, -0.15) is 0 Å². The van der Waals surface area contributed by atoms with Gasteiger partial charge in [-0.15, -0.1) is 0 Å². The number of carbonyl (C=O) groups excluding carboxylic acids is 2. The van der Waals surface area contributed by atoms with E-state index in [4.69, 9.17) is 16.1 Å². The van der Waals surface area contributed by atoms with Crippen molar-refractivity contribution in [3.8, 4) is 0 Å². The average Bonchev–Trinajstić information content (AvgIpc) is 3.20. The van der Waals surface area contributed by atoms with Gasteiger partial charge in [0.25, 0.3) is 0 Å². The maximum atomic E-state index is 12.9. The molecule has 28 heavy (non-hydrogen) atoms. The van der Waals surface area contributed by atoms with E-state index in [0.717, 1.165) is 5.56 Å². The molecule has 9 heteroatoms. The van der Waals surface area contributed by atoms with Crippen molar-refractivity contribution in [3.05, 3.63) is 46.3 Å². The number of rotatable bonds is 4. The number of anilines is 1. The molecule has 0 aliphatic carbocycles. The highest BCUT2D eigenvalue weighted by Gasteiger charge is 2.40. The molecule has 2 aromatic rings. The molecule has 0 bridgehead atoms. The Morgan fingerprint density at radius 1 is 1.36 bits per heavy atom. The molecule has 0 spiro atoms. The van der Waals surface area contributed by atoms with Gasteiger partial charge < -0.3 is 24.7 Å². The van der Waals surface area contributed by atoms with E-state index in [9.17, 15) is 14.7 Å². The van der Waals surface area contributed by atoms with Crippen molar-refractivity contribution < 1.29 is 19.2 Å². The lowest BCUT2D eigenvalue weighted by molar-refractivity contribution is -0.134. The standard InChI is InChI=1S/C19H23ClN4O4/c1-11-17(12(2)28-22-11)21-19(27)24-10-15(25)8-16(24)18(26)23(3)9-13-4-6-14(20)7-5-13/h4-7,15-16,25H,8-10H2,1-3H3,(H,21,27)/t15-,16-/m1/s1. The molecular formula is C19H23ClN4O4. The number of likely N-dealkylation sites (N-methyl/N-ethyl adjacent to an activating group) is 1. The molecule has 1 aliphatic rings. The van der Waals surface area contributed by atoms with Crippen LogP contribution in [0, 0.1) is 13.8 Å². The van der Waals surface area contributed by atoms with Crippen molar-refractivity contribution in [2.75, 3.05) is 18.9 Å². The number of carbonyl (C=O) groups is 2. The normalized spacial score (nSPS) is 19.0. The van der Waals surface area contributed by atoms with E-state index in [2.05, 4.69) is 10.5 Å². The van der Waals surface area contributed by atoms with Crippen LogP contribution in [0.5, 0.6) is 0 Å². The van der Waals surface area contributed by atoms with Gasteiger partial charge in [-0.3, -0.25) is 4.79 Å². The van der Waals surface area contributed by atoms with Crippen molar-refractivity contribution in [2.45, 2.75) is 39.0 Å². The fourth-order valence-electron chi connectivity index (χ4n) is 3.31. The SMILES string of the molecule is Cc1noc(C)c1NC(=O)N1C[C@H](O)C[C@@H]1C(=O)N(C)Cc1ccc(Cl)cc1. The van der Waals surface area contributed by atoms with Crippen LogP contribution in [0.4, 0.5) is 10.5 Å². The smallest absolute Gasteiger partial charge is 0.322 e. The zero-order chi connectivity index (χ0) is 20.4. The molecule has 150 valence electrons. The molecule has 2 heterocycles. The summed E-state index contributed by atoms with van der Waals surface area (Å²) in [4.78, 5) is 28.6. The fourth-order valence-corrected chi connectivity index (χ4v) is 3.43. The lowest BCUT2D eigenvalue weighted by Gasteiger charge is -2.28. The largest absolute Gasteiger partial charge is 0.391 e.